The molecule has 1 saturated heterocycles. The van der Waals surface area contributed by atoms with Crippen LogP contribution in [0.2, 0.25) is 10.0 Å². The van der Waals surface area contributed by atoms with Gasteiger partial charge in [0, 0.05) is 34.0 Å². The van der Waals surface area contributed by atoms with Gasteiger partial charge in [0.05, 0.1) is 22.5 Å². The molecule has 7 nitrogen and oxygen atoms in total. The highest BCUT2D eigenvalue weighted by Gasteiger charge is 2.66. The molecule has 4 atom stereocenters. The fraction of sp³-hybridized carbons (Fsp3) is 0.310. The summed E-state index contributed by atoms with van der Waals surface area (Å²) in [5, 5.41) is 25.6. The van der Waals surface area contributed by atoms with Crippen molar-refractivity contribution in [2.45, 2.75) is 50.1 Å². The van der Waals surface area contributed by atoms with E-state index in [1.807, 2.05) is 0 Å². The predicted octanol–water partition coefficient (Wildman–Crippen LogP) is 5.96. The van der Waals surface area contributed by atoms with Gasteiger partial charge in [-0.2, -0.15) is 5.26 Å². The zero-order valence-electron chi connectivity index (χ0n) is 21.4. The van der Waals surface area contributed by atoms with Gasteiger partial charge in [-0.1, -0.05) is 41.4 Å². The Morgan fingerprint density at radius 3 is 2.62 bits per heavy atom. The lowest BCUT2D eigenvalue weighted by molar-refractivity contribution is -0.122. The second-order valence-corrected chi connectivity index (χ2v) is 12.8. The van der Waals surface area contributed by atoms with E-state index in [9.17, 15) is 24.8 Å². The second kappa shape index (κ2) is 10.3. The number of nitrogens with zero attached hydrogens (tertiary/aromatic N) is 1. The molecule has 1 amide bonds. The number of nitrogens with one attached hydrogen (secondary N) is 2. The van der Waals surface area contributed by atoms with Gasteiger partial charge in [0.2, 0.25) is 5.91 Å². The number of fused-ring (bicyclic) bond motifs is 2. The number of ketones is 1. The van der Waals surface area contributed by atoms with E-state index in [2.05, 4.69) is 16.7 Å². The molecule has 0 saturated carbocycles. The van der Waals surface area contributed by atoms with Crippen molar-refractivity contribution in [2.24, 2.45) is 5.41 Å². The highest BCUT2D eigenvalue weighted by molar-refractivity contribution is 7.14. The average Bonchev–Trinajstić information content (AvgIpc) is 3.56. The molecule has 5 rings (SSSR count). The molecule has 2 aromatic carbocycles. The lowest BCUT2D eigenvalue weighted by Crippen LogP contribution is -2.50. The van der Waals surface area contributed by atoms with Crippen LogP contribution >= 0.6 is 34.5 Å². The standard InChI is InChI=1S/C29H24Cl2FN3O4S/c1-28(2,13-33)12-22-29(17-8-6-14(30)10-19(17)34-27(29)39)23(16-4-3-5-18(31)24(16)32)25(35-22)20(36)11-15-7-9-21(40-15)26(37)38/h3-10,22-23,25,35H,11-12H2,1-2H3,(H,34,39)(H,37,38)/t22-,23-,25-,29+/m0/s1. The summed E-state index contributed by atoms with van der Waals surface area (Å²) in [7, 11) is 0. The van der Waals surface area contributed by atoms with Gasteiger partial charge < -0.3 is 15.7 Å². The quantitative estimate of drug-likeness (QED) is 0.308. The third kappa shape index (κ3) is 4.59. The molecule has 3 heterocycles. The predicted molar refractivity (Wildman–Crippen MR) is 151 cm³/mol. The summed E-state index contributed by atoms with van der Waals surface area (Å²) in [5.41, 5.74) is -1.31. The van der Waals surface area contributed by atoms with E-state index in [1.54, 1.807) is 44.2 Å². The van der Waals surface area contributed by atoms with Crippen LogP contribution in [0.1, 0.15) is 51.9 Å². The summed E-state index contributed by atoms with van der Waals surface area (Å²) in [6.07, 6.45) is 0.0391. The van der Waals surface area contributed by atoms with E-state index in [-0.39, 0.29) is 34.1 Å². The third-order valence-electron chi connectivity index (χ3n) is 7.71. The van der Waals surface area contributed by atoms with Gasteiger partial charge in [0.1, 0.15) is 16.1 Å². The summed E-state index contributed by atoms with van der Waals surface area (Å²) in [5.74, 6) is -3.68. The smallest absolute Gasteiger partial charge is 0.345 e. The maximum Gasteiger partial charge on any atom is 0.345 e. The molecule has 0 radical (unpaired) electrons. The number of amides is 1. The van der Waals surface area contributed by atoms with Crippen molar-refractivity contribution in [1.82, 2.24) is 5.32 Å². The minimum absolute atomic E-state index is 0.0886. The number of hydrogen-bond donors (Lipinski definition) is 3. The molecule has 1 spiro atoms. The Morgan fingerprint density at radius 1 is 1.20 bits per heavy atom. The molecule has 1 fully saturated rings. The number of halogens is 3. The summed E-state index contributed by atoms with van der Waals surface area (Å²) >= 11 is 13.4. The maximum atomic E-state index is 15.8. The van der Waals surface area contributed by atoms with Crippen LogP contribution in [0.4, 0.5) is 10.1 Å². The first-order valence-electron chi connectivity index (χ1n) is 12.5. The van der Waals surface area contributed by atoms with E-state index < -0.39 is 46.5 Å². The van der Waals surface area contributed by atoms with Crippen molar-refractivity contribution in [3.8, 4) is 6.07 Å². The van der Waals surface area contributed by atoms with Crippen LogP contribution in [0, 0.1) is 22.6 Å². The normalized spacial score (nSPS) is 23.6. The molecule has 3 N–H and O–H groups in total. The van der Waals surface area contributed by atoms with Crippen LogP contribution in [0.3, 0.4) is 0 Å². The number of hydrogen-bond acceptors (Lipinski definition) is 6. The minimum Gasteiger partial charge on any atom is -0.477 e. The molecule has 11 heteroatoms. The molecule has 2 aliphatic heterocycles. The summed E-state index contributed by atoms with van der Waals surface area (Å²) in [6.45, 7) is 3.47. The summed E-state index contributed by atoms with van der Waals surface area (Å²) < 4.78 is 15.8. The SMILES string of the molecule is CC(C)(C#N)C[C@@H]1N[C@@H](C(=O)Cc2ccc(C(=O)O)s2)[C@H](c2cccc(Cl)c2F)[C@]12C(=O)Nc1cc(Cl)ccc12. The van der Waals surface area contributed by atoms with Gasteiger partial charge in [-0.05, 0) is 61.7 Å². The summed E-state index contributed by atoms with van der Waals surface area (Å²) in [4.78, 5) is 40.1. The lowest BCUT2D eigenvalue weighted by Gasteiger charge is -2.37. The van der Waals surface area contributed by atoms with Crippen LogP contribution in [0.5, 0.6) is 0 Å². The first-order valence-corrected chi connectivity index (χ1v) is 14.0. The number of carbonyl (C=O) groups is 3. The highest BCUT2D eigenvalue weighted by atomic mass is 35.5. The first kappa shape index (κ1) is 28.2. The van der Waals surface area contributed by atoms with Crippen molar-refractivity contribution >= 4 is 57.9 Å². The number of carboxylic acid groups (broad SMARTS) is 1. The van der Waals surface area contributed by atoms with E-state index in [4.69, 9.17) is 23.2 Å². The maximum absolute atomic E-state index is 15.8. The number of benzene rings is 2. The number of aromatic carboxylic acids is 1. The Kier molecular flexibility index (Phi) is 7.26. The van der Waals surface area contributed by atoms with Gasteiger partial charge in [0.25, 0.3) is 0 Å². The van der Waals surface area contributed by atoms with Gasteiger partial charge in [-0.3, -0.25) is 9.59 Å². The number of anilines is 1. The fourth-order valence-corrected chi connectivity index (χ4v) is 7.23. The summed E-state index contributed by atoms with van der Waals surface area (Å²) in [6, 6.07) is 12.9. The zero-order chi connectivity index (χ0) is 29.0. The van der Waals surface area contributed by atoms with Gasteiger partial charge in [0.15, 0.2) is 5.78 Å². The molecule has 0 bridgehead atoms. The number of nitriles is 1. The lowest BCUT2D eigenvalue weighted by atomic mass is 9.62. The highest BCUT2D eigenvalue weighted by Crippen LogP contribution is 2.57. The van der Waals surface area contributed by atoms with Crippen LogP contribution in [0.25, 0.3) is 0 Å². The molecular weight excluding hydrogens is 576 g/mol. The molecular formula is C29H24Cl2FN3O4S. The Labute approximate surface area is 243 Å². The van der Waals surface area contributed by atoms with E-state index in [1.165, 1.54) is 18.2 Å². The number of rotatable bonds is 7. The molecule has 1 aromatic heterocycles. The largest absolute Gasteiger partial charge is 0.477 e. The van der Waals surface area contributed by atoms with E-state index in [0.717, 1.165) is 11.3 Å². The zero-order valence-corrected chi connectivity index (χ0v) is 23.8. The number of carbonyl (C=O) groups excluding carboxylic acids is 2. The van der Waals surface area contributed by atoms with E-state index in [0.29, 0.717) is 21.2 Å². The van der Waals surface area contributed by atoms with Crippen LogP contribution in [-0.2, 0) is 21.4 Å². The molecule has 40 heavy (non-hydrogen) atoms. The Hall–Kier alpha value is -3.29. The first-order chi connectivity index (χ1) is 18.9. The monoisotopic (exact) mass is 599 g/mol. The fourth-order valence-electron chi connectivity index (χ4n) is 6.02. The molecule has 2 aliphatic rings. The van der Waals surface area contributed by atoms with Gasteiger partial charge in [-0.25, -0.2) is 9.18 Å². The number of thiophene rings is 1. The van der Waals surface area contributed by atoms with Crippen LogP contribution < -0.4 is 10.6 Å². The van der Waals surface area contributed by atoms with Crippen molar-refractivity contribution < 1.29 is 23.9 Å². The Balaban J connectivity index is 1.72. The number of Topliss-reactive ketones (excluding diaryl/α,β-unsaturated/α-hetero) is 1. The molecule has 3 aromatic rings. The Morgan fingerprint density at radius 2 is 1.95 bits per heavy atom. The Bertz CT molecular complexity index is 1600. The van der Waals surface area contributed by atoms with Crippen molar-refractivity contribution in [2.75, 3.05) is 5.32 Å². The second-order valence-electron chi connectivity index (χ2n) is 10.7. The molecule has 0 aliphatic carbocycles. The van der Waals surface area contributed by atoms with Gasteiger partial charge in [-0.15, -0.1) is 11.3 Å². The van der Waals surface area contributed by atoms with E-state index >= 15 is 4.39 Å². The minimum atomic E-state index is -1.48. The van der Waals surface area contributed by atoms with Crippen LogP contribution in [-0.4, -0.2) is 34.8 Å². The number of carboxylic acids is 1. The molecule has 206 valence electrons. The molecule has 0 unspecified atom stereocenters. The van der Waals surface area contributed by atoms with Crippen LogP contribution in [0.15, 0.2) is 48.5 Å². The van der Waals surface area contributed by atoms with Crippen molar-refractivity contribution in [3.63, 3.8) is 0 Å². The van der Waals surface area contributed by atoms with Gasteiger partial charge >= 0.3 is 5.97 Å². The van der Waals surface area contributed by atoms with Crippen molar-refractivity contribution in [3.05, 3.63) is 85.3 Å². The van der Waals surface area contributed by atoms with Crippen molar-refractivity contribution in [1.29, 1.82) is 5.26 Å². The topological polar surface area (TPSA) is 119 Å². The average molecular weight is 600 g/mol. The third-order valence-corrected chi connectivity index (χ3v) is 9.31.